The Morgan fingerprint density at radius 2 is 2.06 bits per heavy atom. The fraction of sp³-hybridized carbons (Fsp3) is 0.308. The van der Waals surface area contributed by atoms with E-state index in [9.17, 15) is 0 Å². The summed E-state index contributed by atoms with van der Waals surface area (Å²) in [6.07, 6.45) is 2.07. The van der Waals surface area contributed by atoms with E-state index in [4.69, 9.17) is 10.7 Å². The predicted octanol–water partition coefficient (Wildman–Crippen LogP) is 3.11. The third-order valence-corrected chi connectivity index (χ3v) is 5.14. The van der Waals surface area contributed by atoms with E-state index in [0.717, 1.165) is 24.3 Å². The zero-order chi connectivity index (χ0) is 11.7. The van der Waals surface area contributed by atoms with Gasteiger partial charge in [-0.3, -0.25) is 0 Å². The fourth-order valence-electron chi connectivity index (χ4n) is 1.96. The quantitative estimate of drug-likeness (QED) is 0.845. The average Bonchev–Trinajstić information content (AvgIpc) is 2.74. The number of aromatic nitrogens is 1. The molecular formula is C13H14N2S2. The van der Waals surface area contributed by atoms with Crippen molar-refractivity contribution in [2.45, 2.75) is 18.6 Å². The highest BCUT2D eigenvalue weighted by Crippen LogP contribution is 2.30. The van der Waals surface area contributed by atoms with Crippen molar-refractivity contribution in [3.05, 3.63) is 45.4 Å². The second-order valence-electron chi connectivity index (χ2n) is 4.20. The van der Waals surface area contributed by atoms with Crippen molar-refractivity contribution in [1.29, 1.82) is 0 Å². The molecule has 0 unspecified atom stereocenters. The van der Waals surface area contributed by atoms with Crippen molar-refractivity contribution in [2.75, 3.05) is 11.5 Å². The molecule has 2 heterocycles. The zero-order valence-electron chi connectivity index (χ0n) is 9.48. The maximum absolute atomic E-state index is 5.68. The molecular weight excluding hydrogens is 248 g/mol. The van der Waals surface area contributed by atoms with Crippen molar-refractivity contribution >= 4 is 28.8 Å². The Bertz CT molecular complexity index is 493. The molecule has 88 valence electrons. The number of rotatable bonds is 2. The lowest BCUT2D eigenvalue weighted by Crippen LogP contribution is -1.99. The molecule has 3 rings (SSSR count). The lowest BCUT2D eigenvalue weighted by molar-refractivity contribution is 0.997. The van der Waals surface area contributed by atoms with Crippen LogP contribution < -0.4 is 5.73 Å². The van der Waals surface area contributed by atoms with Crippen LogP contribution >= 0.6 is 23.1 Å². The van der Waals surface area contributed by atoms with Gasteiger partial charge in [-0.1, -0.05) is 12.1 Å². The van der Waals surface area contributed by atoms with E-state index < -0.39 is 0 Å². The molecule has 17 heavy (non-hydrogen) atoms. The molecule has 0 radical (unpaired) electrons. The molecule has 0 saturated carbocycles. The SMILES string of the molecule is Nc1ccc(Cc2nc3c(s2)CSCC3)cc1. The summed E-state index contributed by atoms with van der Waals surface area (Å²) >= 11 is 3.88. The lowest BCUT2D eigenvalue weighted by atomic mass is 10.1. The van der Waals surface area contributed by atoms with Gasteiger partial charge in [0.15, 0.2) is 0 Å². The molecule has 0 amide bonds. The third-order valence-electron chi connectivity index (χ3n) is 2.87. The number of thiazole rings is 1. The van der Waals surface area contributed by atoms with Crippen molar-refractivity contribution in [2.24, 2.45) is 0 Å². The zero-order valence-corrected chi connectivity index (χ0v) is 11.1. The number of hydrogen-bond acceptors (Lipinski definition) is 4. The summed E-state index contributed by atoms with van der Waals surface area (Å²) < 4.78 is 0. The summed E-state index contributed by atoms with van der Waals surface area (Å²) in [5.41, 5.74) is 9.13. The van der Waals surface area contributed by atoms with Crippen LogP contribution in [-0.4, -0.2) is 10.7 Å². The van der Waals surface area contributed by atoms with Crippen molar-refractivity contribution in [3.8, 4) is 0 Å². The van der Waals surface area contributed by atoms with Crippen LogP contribution in [0.3, 0.4) is 0 Å². The summed E-state index contributed by atoms with van der Waals surface area (Å²) in [6.45, 7) is 0. The number of aryl methyl sites for hydroxylation is 1. The van der Waals surface area contributed by atoms with E-state index >= 15 is 0 Å². The Morgan fingerprint density at radius 3 is 2.82 bits per heavy atom. The fourth-order valence-corrected chi connectivity index (χ4v) is 4.23. The number of anilines is 1. The Balaban J connectivity index is 1.80. The van der Waals surface area contributed by atoms with E-state index in [1.807, 2.05) is 35.2 Å². The van der Waals surface area contributed by atoms with Gasteiger partial charge in [0.05, 0.1) is 10.7 Å². The highest BCUT2D eigenvalue weighted by Gasteiger charge is 2.15. The Labute approximate surface area is 109 Å². The highest BCUT2D eigenvalue weighted by molar-refractivity contribution is 7.98. The molecule has 2 nitrogen and oxygen atoms in total. The summed E-state index contributed by atoms with van der Waals surface area (Å²) in [4.78, 5) is 6.22. The number of nitrogens with zero attached hydrogens (tertiary/aromatic N) is 1. The maximum Gasteiger partial charge on any atom is 0.0975 e. The molecule has 0 saturated heterocycles. The van der Waals surface area contributed by atoms with Crippen LogP contribution in [0, 0.1) is 0 Å². The first kappa shape index (κ1) is 11.1. The first-order valence-corrected chi connectivity index (χ1v) is 7.68. The van der Waals surface area contributed by atoms with Gasteiger partial charge in [0.25, 0.3) is 0 Å². The van der Waals surface area contributed by atoms with Crippen LogP contribution in [0.1, 0.15) is 21.1 Å². The van der Waals surface area contributed by atoms with E-state index in [2.05, 4.69) is 12.1 Å². The van der Waals surface area contributed by atoms with Crippen LogP contribution in [-0.2, 0) is 18.6 Å². The van der Waals surface area contributed by atoms with Gasteiger partial charge in [-0.25, -0.2) is 4.98 Å². The van der Waals surface area contributed by atoms with Crippen LogP contribution in [0.4, 0.5) is 5.69 Å². The summed E-state index contributed by atoms with van der Waals surface area (Å²) in [6, 6.07) is 8.09. The number of thioether (sulfide) groups is 1. The molecule has 4 heteroatoms. The molecule has 2 aromatic rings. The van der Waals surface area contributed by atoms with Gasteiger partial charge < -0.3 is 5.73 Å². The Kier molecular flexibility index (Phi) is 3.07. The molecule has 0 bridgehead atoms. The van der Waals surface area contributed by atoms with Gasteiger partial charge in [0, 0.05) is 22.7 Å². The molecule has 0 aliphatic carbocycles. The first-order chi connectivity index (χ1) is 8.31. The third kappa shape index (κ3) is 2.48. The molecule has 0 spiro atoms. The molecule has 2 N–H and O–H groups in total. The Morgan fingerprint density at radius 1 is 1.24 bits per heavy atom. The first-order valence-electron chi connectivity index (χ1n) is 5.71. The number of benzene rings is 1. The minimum Gasteiger partial charge on any atom is -0.399 e. The van der Waals surface area contributed by atoms with Gasteiger partial charge in [-0.05, 0) is 29.9 Å². The van der Waals surface area contributed by atoms with Crippen molar-refractivity contribution in [3.63, 3.8) is 0 Å². The van der Waals surface area contributed by atoms with Gasteiger partial charge in [-0.15, -0.1) is 11.3 Å². The van der Waals surface area contributed by atoms with Crippen LogP contribution in [0.2, 0.25) is 0 Å². The smallest absolute Gasteiger partial charge is 0.0975 e. The van der Waals surface area contributed by atoms with Crippen molar-refractivity contribution < 1.29 is 0 Å². The summed E-state index contributed by atoms with van der Waals surface area (Å²) in [5, 5.41) is 1.24. The standard InChI is InChI=1S/C13H14N2S2/c14-10-3-1-9(2-4-10)7-13-15-11-5-6-16-8-12(11)17-13/h1-4H,5-8,14H2. The molecule has 0 fully saturated rings. The average molecular weight is 262 g/mol. The Hall–Kier alpha value is -1.00. The lowest BCUT2D eigenvalue weighted by Gasteiger charge is -2.06. The second kappa shape index (κ2) is 4.70. The summed E-state index contributed by atoms with van der Waals surface area (Å²) in [7, 11) is 0. The molecule has 0 atom stereocenters. The van der Waals surface area contributed by atoms with Gasteiger partial charge in [0.1, 0.15) is 0 Å². The highest BCUT2D eigenvalue weighted by atomic mass is 32.2. The largest absolute Gasteiger partial charge is 0.399 e. The monoisotopic (exact) mass is 262 g/mol. The number of nitrogen functional groups attached to an aromatic ring is 1. The van der Waals surface area contributed by atoms with Gasteiger partial charge in [-0.2, -0.15) is 11.8 Å². The normalized spacial score (nSPS) is 14.6. The molecule has 1 aromatic heterocycles. The van der Waals surface area contributed by atoms with Gasteiger partial charge in [0.2, 0.25) is 0 Å². The summed E-state index contributed by atoms with van der Waals surface area (Å²) in [5.74, 6) is 2.37. The maximum atomic E-state index is 5.68. The molecule has 1 aliphatic heterocycles. The van der Waals surface area contributed by atoms with Crippen LogP contribution in [0.25, 0.3) is 0 Å². The van der Waals surface area contributed by atoms with E-state index in [1.165, 1.54) is 26.9 Å². The van der Waals surface area contributed by atoms with Gasteiger partial charge >= 0.3 is 0 Å². The van der Waals surface area contributed by atoms with Crippen LogP contribution in [0.5, 0.6) is 0 Å². The predicted molar refractivity (Wildman–Crippen MR) is 75.6 cm³/mol. The van der Waals surface area contributed by atoms with Crippen molar-refractivity contribution in [1.82, 2.24) is 4.98 Å². The molecule has 1 aliphatic rings. The minimum atomic E-state index is 0.823. The van der Waals surface area contributed by atoms with E-state index in [0.29, 0.717) is 0 Å². The second-order valence-corrected chi connectivity index (χ2v) is 6.47. The minimum absolute atomic E-state index is 0.823. The van der Waals surface area contributed by atoms with E-state index in [1.54, 1.807) is 0 Å². The van der Waals surface area contributed by atoms with E-state index in [-0.39, 0.29) is 0 Å². The number of fused-ring (bicyclic) bond motifs is 1. The molecule has 1 aromatic carbocycles. The van der Waals surface area contributed by atoms with Crippen LogP contribution in [0.15, 0.2) is 24.3 Å². The number of nitrogens with two attached hydrogens (primary N) is 1. The topological polar surface area (TPSA) is 38.9 Å². The number of hydrogen-bond donors (Lipinski definition) is 1.